The molecule has 1 aliphatic heterocycles. The number of aryl methyl sites for hydroxylation is 1. The molecule has 0 fully saturated rings. The molecule has 0 saturated heterocycles. The maximum atomic E-state index is 12.2. The van der Waals surface area contributed by atoms with E-state index < -0.39 is 11.9 Å². The summed E-state index contributed by atoms with van der Waals surface area (Å²) in [6.07, 6.45) is 0. The third-order valence-corrected chi connectivity index (χ3v) is 4.02. The second-order valence-electron chi connectivity index (χ2n) is 6.08. The van der Waals surface area contributed by atoms with Gasteiger partial charge in [-0.25, -0.2) is 9.59 Å². The SMILES string of the molecule is Cc1ccc2c(c1)OC(=O)CN2CC(=O)NCc1ccc(C(=O)O)cc1. The van der Waals surface area contributed by atoms with E-state index in [1.54, 1.807) is 23.1 Å². The van der Waals surface area contributed by atoms with Gasteiger partial charge in [-0.15, -0.1) is 0 Å². The number of carboxylic acids is 1. The number of benzene rings is 2. The van der Waals surface area contributed by atoms with Crippen LogP contribution in [0.25, 0.3) is 0 Å². The summed E-state index contributed by atoms with van der Waals surface area (Å²) in [5.41, 5.74) is 2.65. The number of ether oxygens (including phenoxy) is 1. The standard InChI is InChI=1S/C19H18N2O5/c1-12-2-7-15-16(8-12)26-18(23)11-21(15)10-17(22)20-9-13-3-5-14(6-4-13)19(24)25/h2-8H,9-11H2,1H3,(H,20,22)(H,24,25). The summed E-state index contributed by atoms with van der Waals surface area (Å²) >= 11 is 0. The fourth-order valence-electron chi connectivity index (χ4n) is 2.70. The van der Waals surface area contributed by atoms with Crippen LogP contribution in [0.15, 0.2) is 42.5 Å². The third-order valence-electron chi connectivity index (χ3n) is 4.02. The van der Waals surface area contributed by atoms with Crippen molar-refractivity contribution in [1.29, 1.82) is 0 Å². The van der Waals surface area contributed by atoms with E-state index in [4.69, 9.17) is 9.84 Å². The van der Waals surface area contributed by atoms with Gasteiger partial charge in [0, 0.05) is 6.54 Å². The molecule has 0 saturated carbocycles. The molecule has 7 heteroatoms. The first-order chi connectivity index (χ1) is 12.4. The zero-order valence-corrected chi connectivity index (χ0v) is 14.2. The minimum Gasteiger partial charge on any atom is -0.478 e. The summed E-state index contributed by atoms with van der Waals surface area (Å²) in [5.74, 6) is -1.18. The lowest BCUT2D eigenvalue weighted by molar-refractivity contribution is -0.133. The van der Waals surface area contributed by atoms with Crippen LogP contribution in [0.2, 0.25) is 0 Å². The molecule has 3 rings (SSSR count). The van der Waals surface area contributed by atoms with Crippen LogP contribution >= 0.6 is 0 Å². The highest BCUT2D eigenvalue weighted by atomic mass is 16.5. The van der Waals surface area contributed by atoms with Crippen molar-refractivity contribution in [2.24, 2.45) is 0 Å². The van der Waals surface area contributed by atoms with E-state index >= 15 is 0 Å². The van der Waals surface area contributed by atoms with E-state index in [1.165, 1.54) is 12.1 Å². The van der Waals surface area contributed by atoms with Crippen LogP contribution in [0.4, 0.5) is 5.69 Å². The summed E-state index contributed by atoms with van der Waals surface area (Å²) in [6, 6.07) is 11.8. The number of esters is 1. The van der Waals surface area contributed by atoms with Crippen molar-refractivity contribution in [3.63, 3.8) is 0 Å². The Kier molecular flexibility index (Phi) is 4.88. The number of hydrogen-bond donors (Lipinski definition) is 2. The first-order valence-corrected chi connectivity index (χ1v) is 8.07. The van der Waals surface area contributed by atoms with Gasteiger partial charge in [0.05, 0.1) is 17.8 Å². The fraction of sp³-hybridized carbons (Fsp3) is 0.211. The second kappa shape index (κ2) is 7.26. The van der Waals surface area contributed by atoms with Crippen LogP contribution in [0.1, 0.15) is 21.5 Å². The van der Waals surface area contributed by atoms with Gasteiger partial charge in [-0.3, -0.25) is 4.79 Å². The largest absolute Gasteiger partial charge is 0.478 e. The number of hydrogen-bond acceptors (Lipinski definition) is 5. The van der Waals surface area contributed by atoms with Crippen LogP contribution in [0.5, 0.6) is 5.75 Å². The highest BCUT2D eigenvalue weighted by molar-refractivity contribution is 5.89. The van der Waals surface area contributed by atoms with Gasteiger partial charge in [-0.05, 0) is 42.3 Å². The molecule has 26 heavy (non-hydrogen) atoms. The predicted octanol–water partition coefficient (Wildman–Crippen LogP) is 1.74. The lowest BCUT2D eigenvalue weighted by Crippen LogP contribution is -2.43. The average molecular weight is 354 g/mol. The minimum absolute atomic E-state index is 0.0107. The molecule has 0 atom stereocenters. The number of carboxylic acid groups (broad SMARTS) is 1. The average Bonchev–Trinajstić information content (AvgIpc) is 2.59. The number of anilines is 1. The Labute approximate surface area is 150 Å². The van der Waals surface area contributed by atoms with Gasteiger partial charge in [0.25, 0.3) is 0 Å². The van der Waals surface area contributed by atoms with Crippen LogP contribution in [0, 0.1) is 6.92 Å². The lowest BCUT2D eigenvalue weighted by atomic mass is 10.1. The van der Waals surface area contributed by atoms with Crippen molar-refractivity contribution in [3.8, 4) is 5.75 Å². The number of rotatable bonds is 5. The highest BCUT2D eigenvalue weighted by Gasteiger charge is 2.25. The lowest BCUT2D eigenvalue weighted by Gasteiger charge is -2.29. The molecule has 7 nitrogen and oxygen atoms in total. The van der Waals surface area contributed by atoms with Crippen molar-refractivity contribution >= 4 is 23.5 Å². The van der Waals surface area contributed by atoms with E-state index in [0.717, 1.165) is 11.1 Å². The Morgan fingerprint density at radius 3 is 2.62 bits per heavy atom. The highest BCUT2D eigenvalue weighted by Crippen LogP contribution is 2.32. The first kappa shape index (κ1) is 17.5. The van der Waals surface area contributed by atoms with E-state index in [2.05, 4.69) is 5.32 Å². The number of carbonyl (C=O) groups is 3. The van der Waals surface area contributed by atoms with Crippen molar-refractivity contribution in [2.45, 2.75) is 13.5 Å². The summed E-state index contributed by atoms with van der Waals surface area (Å²) in [4.78, 5) is 36.5. The van der Waals surface area contributed by atoms with Crippen LogP contribution in [0.3, 0.4) is 0 Å². The topological polar surface area (TPSA) is 95.9 Å². The summed E-state index contributed by atoms with van der Waals surface area (Å²) in [7, 11) is 0. The summed E-state index contributed by atoms with van der Waals surface area (Å²) in [6.45, 7) is 2.21. The van der Waals surface area contributed by atoms with Crippen LogP contribution in [-0.4, -0.2) is 36.0 Å². The third kappa shape index (κ3) is 4.00. The Balaban J connectivity index is 1.61. The van der Waals surface area contributed by atoms with Crippen molar-refractivity contribution in [1.82, 2.24) is 5.32 Å². The number of aromatic carboxylic acids is 1. The molecule has 0 spiro atoms. The molecule has 134 valence electrons. The Bertz CT molecular complexity index is 861. The molecule has 0 unspecified atom stereocenters. The normalized spacial score (nSPS) is 13.0. The number of carbonyl (C=O) groups excluding carboxylic acids is 2. The maximum absolute atomic E-state index is 12.2. The number of fused-ring (bicyclic) bond motifs is 1. The molecule has 0 aliphatic carbocycles. The van der Waals surface area contributed by atoms with E-state index in [1.807, 2.05) is 19.1 Å². The zero-order chi connectivity index (χ0) is 18.7. The Hall–Kier alpha value is -3.35. The summed E-state index contributed by atoms with van der Waals surface area (Å²) in [5, 5.41) is 11.7. The van der Waals surface area contributed by atoms with Crippen molar-refractivity contribution in [2.75, 3.05) is 18.0 Å². The quantitative estimate of drug-likeness (QED) is 0.627. The molecule has 0 bridgehead atoms. The molecule has 1 amide bonds. The van der Waals surface area contributed by atoms with E-state index in [9.17, 15) is 14.4 Å². The molecule has 2 N–H and O–H groups in total. The van der Waals surface area contributed by atoms with Crippen LogP contribution in [-0.2, 0) is 16.1 Å². The van der Waals surface area contributed by atoms with Gasteiger partial charge in [-0.2, -0.15) is 0 Å². The molecule has 2 aromatic carbocycles. The fourth-order valence-corrected chi connectivity index (χ4v) is 2.70. The number of nitrogens with one attached hydrogen (secondary N) is 1. The minimum atomic E-state index is -0.994. The molecule has 1 heterocycles. The van der Waals surface area contributed by atoms with Gasteiger partial charge in [0.2, 0.25) is 5.91 Å². The van der Waals surface area contributed by atoms with Gasteiger partial charge in [0.15, 0.2) is 5.75 Å². The summed E-state index contributed by atoms with van der Waals surface area (Å²) < 4.78 is 5.22. The molecule has 0 aromatic heterocycles. The Morgan fingerprint density at radius 1 is 1.19 bits per heavy atom. The second-order valence-corrected chi connectivity index (χ2v) is 6.08. The predicted molar refractivity (Wildman–Crippen MR) is 94.3 cm³/mol. The van der Waals surface area contributed by atoms with Crippen molar-refractivity contribution < 1.29 is 24.2 Å². The Morgan fingerprint density at radius 2 is 1.92 bits per heavy atom. The van der Waals surface area contributed by atoms with E-state index in [-0.39, 0.29) is 31.1 Å². The molecule has 0 radical (unpaired) electrons. The smallest absolute Gasteiger partial charge is 0.335 e. The monoisotopic (exact) mass is 354 g/mol. The van der Waals surface area contributed by atoms with Gasteiger partial charge in [0.1, 0.15) is 6.54 Å². The van der Waals surface area contributed by atoms with Gasteiger partial charge >= 0.3 is 11.9 Å². The maximum Gasteiger partial charge on any atom is 0.335 e. The molecule has 2 aromatic rings. The van der Waals surface area contributed by atoms with Crippen molar-refractivity contribution in [3.05, 3.63) is 59.2 Å². The van der Waals surface area contributed by atoms with E-state index in [0.29, 0.717) is 11.4 Å². The number of nitrogens with zero attached hydrogens (tertiary/aromatic N) is 1. The van der Waals surface area contributed by atoms with Gasteiger partial charge < -0.3 is 20.1 Å². The molecule has 1 aliphatic rings. The number of amides is 1. The van der Waals surface area contributed by atoms with Gasteiger partial charge in [-0.1, -0.05) is 18.2 Å². The first-order valence-electron chi connectivity index (χ1n) is 8.07. The zero-order valence-electron chi connectivity index (χ0n) is 14.2. The van der Waals surface area contributed by atoms with Crippen LogP contribution < -0.4 is 15.0 Å². The molecular formula is C19H18N2O5. The molecular weight excluding hydrogens is 336 g/mol.